The molecule has 27 heavy (non-hydrogen) atoms. The van der Waals surface area contributed by atoms with Gasteiger partial charge in [0, 0.05) is 11.0 Å². The van der Waals surface area contributed by atoms with Crippen LogP contribution in [-0.4, -0.2) is 49.9 Å². The molecule has 0 aromatic heterocycles. The fraction of sp³-hybridized carbons (Fsp3) is 0.350. The molecule has 2 heterocycles. The van der Waals surface area contributed by atoms with E-state index in [1.807, 2.05) is 48.5 Å². The summed E-state index contributed by atoms with van der Waals surface area (Å²) in [5, 5.41) is 2.95. The third-order valence-electron chi connectivity index (χ3n) is 4.64. The van der Waals surface area contributed by atoms with Crippen molar-refractivity contribution in [2.45, 2.75) is 12.2 Å². The van der Waals surface area contributed by atoms with E-state index in [4.69, 9.17) is 14.2 Å². The zero-order valence-electron chi connectivity index (χ0n) is 14.8. The van der Waals surface area contributed by atoms with Crippen LogP contribution in [0, 0.1) is 0 Å². The van der Waals surface area contributed by atoms with Gasteiger partial charge in [-0.05, 0) is 29.8 Å². The van der Waals surface area contributed by atoms with Crippen LogP contribution in [0.15, 0.2) is 53.0 Å². The maximum absolute atomic E-state index is 12.6. The lowest BCUT2D eigenvalue weighted by atomic mass is 10.1. The molecule has 1 N–H and O–H groups in total. The fourth-order valence-corrected chi connectivity index (χ4v) is 3.45. The van der Waals surface area contributed by atoms with Crippen LogP contribution in [0.1, 0.15) is 11.7 Å². The summed E-state index contributed by atoms with van der Waals surface area (Å²) < 4.78 is 18.4. The van der Waals surface area contributed by atoms with Crippen LogP contribution in [0.25, 0.3) is 0 Å². The highest BCUT2D eigenvalue weighted by Gasteiger charge is 2.27. The van der Waals surface area contributed by atoms with Gasteiger partial charge in [0.05, 0.1) is 19.7 Å². The number of halogens is 1. The first kappa shape index (κ1) is 18.1. The second-order valence-electron chi connectivity index (χ2n) is 6.54. The van der Waals surface area contributed by atoms with Gasteiger partial charge in [0.1, 0.15) is 12.7 Å². The molecule has 0 spiro atoms. The van der Waals surface area contributed by atoms with Crippen molar-refractivity contribution >= 4 is 22.0 Å². The number of rotatable bonds is 3. The van der Waals surface area contributed by atoms with E-state index in [2.05, 4.69) is 21.2 Å². The highest BCUT2D eigenvalue weighted by Crippen LogP contribution is 2.30. The van der Waals surface area contributed by atoms with E-state index >= 15 is 0 Å². The quantitative estimate of drug-likeness (QED) is 0.807. The normalized spacial score (nSPS) is 21.6. The van der Waals surface area contributed by atoms with Crippen LogP contribution in [0.5, 0.6) is 11.5 Å². The van der Waals surface area contributed by atoms with Gasteiger partial charge in [-0.15, -0.1) is 0 Å². The molecule has 0 unspecified atom stereocenters. The molecule has 2 amide bonds. The number of morpholine rings is 1. The number of nitrogens with zero attached hydrogens (tertiary/aromatic N) is 1. The number of carbonyl (C=O) groups is 1. The summed E-state index contributed by atoms with van der Waals surface area (Å²) in [6.45, 7) is 2.43. The molecule has 6 nitrogen and oxygen atoms in total. The van der Waals surface area contributed by atoms with Crippen LogP contribution >= 0.6 is 15.9 Å². The van der Waals surface area contributed by atoms with Crippen molar-refractivity contribution in [1.29, 1.82) is 0 Å². The maximum Gasteiger partial charge on any atom is 0.317 e. The lowest BCUT2D eigenvalue weighted by molar-refractivity contribution is -0.0159. The zero-order valence-corrected chi connectivity index (χ0v) is 16.4. The third-order valence-corrected chi connectivity index (χ3v) is 5.17. The molecule has 0 radical (unpaired) electrons. The molecule has 142 valence electrons. The Morgan fingerprint density at radius 3 is 2.74 bits per heavy atom. The van der Waals surface area contributed by atoms with Gasteiger partial charge in [0.15, 0.2) is 17.6 Å². The van der Waals surface area contributed by atoms with Crippen molar-refractivity contribution in [3.63, 3.8) is 0 Å². The molecule has 4 rings (SSSR count). The Labute approximate surface area is 166 Å². The molecular formula is C20H21BrN2O4. The van der Waals surface area contributed by atoms with Crippen LogP contribution in [-0.2, 0) is 4.74 Å². The van der Waals surface area contributed by atoms with Crippen LogP contribution in [0.3, 0.4) is 0 Å². The smallest absolute Gasteiger partial charge is 0.317 e. The number of carbonyl (C=O) groups excluding carboxylic acids is 1. The number of amides is 2. The minimum Gasteiger partial charge on any atom is -0.486 e. The Kier molecular flexibility index (Phi) is 5.50. The van der Waals surface area contributed by atoms with Crippen LogP contribution in [0.4, 0.5) is 4.79 Å². The number of para-hydroxylation sites is 2. The van der Waals surface area contributed by atoms with Crippen molar-refractivity contribution in [2.75, 3.05) is 32.8 Å². The average Bonchev–Trinajstić information content (AvgIpc) is 2.72. The molecule has 2 atom stereocenters. The largest absolute Gasteiger partial charge is 0.486 e. The molecule has 0 aliphatic carbocycles. The Morgan fingerprint density at radius 2 is 1.93 bits per heavy atom. The van der Waals surface area contributed by atoms with E-state index in [0.717, 1.165) is 15.8 Å². The predicted octanol–water partition coefficient (Wildman–Crippen LogP) is 3.37. The monoisotopic (exact) mass is 432 g/mol. The van der Waals surface area contributed by atoms with Crippen LogP contribution in [0.2, 0.25) is 0 Å². The van der Waals surface area contributed by atoms with Crippen LogP contribution < -0.4 is 14.8 Å². The summed E-state index contributed by atoms with van der Waals surface area (Å²) in [7, 11) is 0. The number of fused-ring (bicyclic) bond motifs is 1. The van der Waals surface area contributed by atoms with Crippen molar-refractivity contribution in [1.82, 2.24) is 10.2 Å². The summed E-state index contributed by atoms with van der Waals surface area (Å²) in [6.07, 6.45) is -0.314. The molecule has 1 fully saturated rings. The van der Waals surface area contributed by atoms with E-state index in [1.54, 1.807) is 4.90 Å². The Bertz CT molecular complexity index is 799. The molecule has 2 aliphatic rings. The lowest BCUT2D eigenvalue weighted by Crippen LogP contribution is -2.50. The number of urea groups is 1. The number of nitrogens with one attached hydrogen (secondary N) is 1. The number of ether oxygens (including phenoxy) is 3. The molecule has 2 aromatic rings. The fourth-order valence-electron chi connectivity index (χ4n) is 3.19. The average molecular weight is 433 g/mol. The predicted molar refractivity (Wildman–Crippen MR) is 104 cm³/mol. The highest BCUT2D eigenvalue weighted by atomic mass is 79.9. The maximum atomic E-state index is 12.6. The minimum absolute atomic E-state index is 0.108. The second-order valence-corrected chi connectivity index (χ2v) is 7.46. The molecule has 0 bridgehead atoms. The van der Waals surface area contributed by atoms with Gasteiger partial charge in [0.25, 0.3) is 0 Å². The van der Waals surface area contributed by atoms with Gasteiger partial charge in [0.2, 0.25) is 0 Å². The molecule has 1 saturated heterocycles. The van der Waals surface area contributed by atoms with E-state index in [1.165, 1.54) is 0 Å². The van der Waals surface area contributed by atoms with Crippen molar-refractivity contribution in [3.05, 3.63) is 58.6 Å². The summed E-state index contributed by atoms with van der Waals surface area (Å²) in [5.74, 6) is 1.45. The van der Waals surface area contributed by atoms with E-state index < -0.39 is 0 Å². The third kappa shape index (κ3) is 4.36. The topological polar surface area (TPSA) is 60.0 Å². The van der Waals surface area contributed by atoms with Crippen molar-refractivity contribution in [2.24, 2.45) is 0 Å². The minimum atomic E-state index is -0.202. The van der Waals surface area contributed by atoms with Gasteiger partial charge in [-0.2, -0.15) is 0 Å². The first-order valence-electron chi connectivity index (χ1n) is 8.97. The number of hydrogen-bond donors (Lipinski definition) is 1. The molecule has 2 aromatic carbocycles. The van der Waals surface area contributed by atoms with Gasteiger partial charge in [-0.3, -0.25) is 0 Å². The van der Waals surface area contributed by atoms with E-state index in [9.17, 15) is 4.79 Å². The Morgan fingerprint density at radius 1 is 1.15 bits per heavy atom. The first-order valence-corrected chi connectivity index (χ1v) is 9.76. The molecular weight excluding hydrogens is 412 g/mol. The summed E-state index contributed by atoms with van der Waals surface area (Å²) in [6, 6.07) is 15.4. The molecule has 7 heteroatoms. The van der Waals surface area contributed by atoms with Crippen molar-refractivity contribution < 1.29 is 19.0 Å². The number of benzene rings is 2. The number of hydrogen-bond acceptors (Lipinski definition) is 4. The highest BCUT2D eigenvalue weighted by molar-refractivity contribution is 9.10. The Hall–Kier alpha value is -2.25. The van der Waals surface area contributed by atoms with Crippen molar-refractivity contribution in [3.8, 4) is 11.5 Å². The SMILES string of the molecule is O=C(NC[C@@H]1COc2ccccc2O1)N1CCO[C@H](c2ccc(Br)cc2)C1. The van der Waals surface area contributed by atoms with Gasteiger partial charge < -0.3 is 24.4 Å². The standard InChI is InChI=1S/C20H21BrN2O4/c21-15-7-5-14(6-8-15)19-12-23(9-10-25-19)20(24)22-11-16-13-26-17-3-1-2-4-18(17)27-16/h1-8,16,19H,9-13H2,(H,22,24)/t16-,19+/m1/s1. The summed E-state index contributed by atoms with van der Waals surface area (Å²) >= 11 is 3.44. The van der Waals surface area contributed by atoms with Gasteiger partial charge in [-0.1, -0.05) is 40.2 Å². The second kappa shape index (κ2) is 8.19. The molecule has 2 aliphatic heterocycles. The van der Waals surface area contributed by atoms with Gasteiger partial charge >= 0.3 is 6.03 Å². The summed E-state index contributed by atoms with van der Waals surface area (Å²) in [5.41, 5.74) is 1.07. The van der Waals surface area contributed by atoms with E-state index in [0.29, 0.717) is 38.6 Å². The summed E-state index contributed by atoms with van der Waals surface area (Å²) in [4.78, 5) is 14.4. The van der Waals surface area contributed by atoms with Gasteiger partial charge in [-0.25, -0.2) is 4.79 Å². The zero-order chi connectivity index (χ0) is 18.6. The molecule has 0 saturated carbocycles. The Balaban J connectivity index is 1.30. The van der Waals surface area contributed by atoms with E-state index in [-0.39, 0.29) is 18.2 Å². The lowest BCUT2D eigenvalue weighted by Gasteiger charge is -2.34. The first-order chi connectivity index (χ1) is 13.2.